The van der Waals surface area contributed by atoms with Crippen LogP contribution < -0.4 is 5.32 Å². The fourth-order valence-corrected chi connectivity index (χ4v) is 0.754. The minimum Gasteiger partial charge on any atom is -0.387 e. The molecule has 1 aromatic heterocycles. The molecule has 0 aliphatic heterocycles. The van der Waals surface area contributed by atoms with Crippen LogP contribution in [0.25, 0.3) is 5.70 Å². The second-order valence-electron chi connectivity index (χ2n) is 1.99. The Morgan fingerprint density at radius 1 is 1.82 bits per heavy atom. The van der Waals surface area contributed by atoms with Gasteiger partial charge in [-0.05, 0) is 6.72 Å². The number of nitrogens with zero attached hydrogens (tertiary/aromatic N) is 2. The van der Waals surface area contributed by atoms with E-state index < -0.39 is 0 Å². The van der Waals surface area contributed by atoms with Crippen molar-refractivity contribution in [2.45, 2.75) is 0 Å². The highest BCUT2D eigenvalue weighted by Crippen LogP contribution is 2.17. The predicted molar refractivity (Wildman–Crippen MR) is 45.9 cm³/mol. The Kier molecular flexibility index (Phi) is 2.06. The molecule has 0 aliphatic carbocycles. The molecular weight excluding hydrogens is 140 g/mol. The third kappa shape index (κ3) is 1.29. The Labute approximate surface area is 65.1 Å². The van der Waals surface area contributed by atoms with Crippen molar-refractivity contribution >= 4 is 18.2 Å². The molecule has 0 saturated carbocycles. The molecule has 0 fully saturated rings. The lowest BCUT2D eigenvalue weighted by atomic mass is 10.3. The third-order valence-corrected chi connectivity index (χ3v) is 1.37. The Hall–Kier alpha value is -1.58. The molecule has 11 heavy (non-hydrogen) atoms. The van der Waals surface area contributed by atoms with E-state index in [1.165, 1.54) is 0 Å². The standard InChI is InChI=1S/C7H10N4/c1-5(8-2)6-7(9-3)11-4-10-6/h4,8H,1,3H2,2H3,(H,10,11). The summed E-state index contributed by atoms with van der Waals surface area (Å²) in [5, 5.41) is 2.89. The van der Waals surface area contributed by atoms with Gasteiger partial charge in [-0.25, -0.2) is 9.98 Å². The maximum Gasteiger partial charge on any atom is 0.178 e. The molecule has 1 aromatic rings. The molecule has 4 heteroatoms. The van der Waals surface area contributed by atoms with E-state index in [0.29, 0.717) is 5.82 Å². The lowest BCUT2D eigenvalue weighted by Crippen LogP contribution is -2.02. The molecule has 1 heterocycles. The summed E-state index contributed by atoms with van der Waals surface area (Å²) in [5.41, 5.74) is 1.53. The van der Waals surface area contributed by atoms with Crippen molar-refractivity contribution in [3.05, 3.63) is 18.6 Å². The smallest absolute Gasteiger partial charge is 0.178 e. The molecule has 0 aromatic carbocycles. The van der Waals surface area contributed by atoms with Gasteiger partial charge in [0, 0.05) is 7.05 Å². The molecule has 0 atom stereocenters. The molecule has 58 valence electrons. The molecule has 0 saturated heterocycles. The summed E-state index contributed by atoms with van der Waals surface area (Å²) in [4.78, 5) is 10.5. The van der Waals surface area contributed by atoms with Gasteiger partial charge in [0.15, 0.2) is 5.82 Å². The van der Waals surface area contributed by atoms with Crippen LogP contribution in [0.4, 0.5) is 5.82 Å². The highest BCUT2D eigenvalue weighted by molar-refractivity contribution is 5.67. The molecule has 0 amide bonds. The van der Waals surface area contributed by atoms with Crippen molar-refractivity contribution in [1.82, 2.24) is 15.3 Å². The first kappa shape index (κ1) is 7.53. The van der Waals surface area contributed by atoms with Crippen molar-refractivity contribution < 1.29 is 0 Å². The lowest BCUT2D eigenvalue weighted by molar-refractivity contribution is 1.11. The summed E-state index contributed by atoms with van der Waals surface area (Å²) >= 11 is 0. The first-order valence-corrected chi connectivity index (χ1v) is 3.16. The van der Waals surface area contributed by atoms with E-state index in [-0.39, 0.29) is 0 Å². The fourth-order valence-electron chi connectivity index (χ4n) is 0.754. The first-order valence-electron chi connectivity index (χ1n) is 3.16. The summed E-state index contributed by atoms with van der Waals surface area (Å²) in [5.74, 6) is 0.573. The van der Waals surface area contributed by atoms with Gasteiger partial charge in [-0.1, -0.05) is 6.58 Å². The van der Waals surface area contributed by atoms with E-state index in [4.69, 9.17) is 0 Å². The number of aromatic nitrogens is 2. The minimum atomic E-state index is 0.573. The van der Waals surface area contributed by atoms with Crippen LogP contribution in [0, 0.1) is 0 Å². The van der Waals surface area contributed by atoms with Gasteiger partial charge in [0.25, 0.3) is 0 Å². The van der Waals surface area contributed by atoms with Gasteiger partial charge in [0.2, 0.25) is 0 Å². The van der Waals surface area contributed by atoms with Crippen molar-refractivity contribution in [2.24, 2.45) is 4.99 Å². The maximum absolute atomic E-state index is 3.92. The fraction of sp³-hybridized carbons (Fsp3) is 0.143. The number of imidazole rings is 1. The van der Waals surface area contributed by atoms with Crippen LogP contribution in [0.15, 0.2) is 17.9 Å². The van der Waals surface area contributed by atoms with Crippen LogP contribution in [-0.2, 0) is 0 Å². The maximum atomic E-state index is 3.92. The van der Waals surface area contributed by atoms with Gasteiger partial charge in [-0.15, -0.1) is 0 Å². The SMILES string of the molecule is C=Nc1nc[nH]c1C(=C)NC. The average molecular weight is 150 g/mol. The van der Waals surface area contributed by atoms with E-state index in [1.807, 2.05) is 0 Å². The summed E-state index contributed by atoms with van der Waals surface area (Å²) in [6.45, 7) is 7.13. The van der Waals surface area contributed by atoms with Gasteiger partial charge in [-0.2, -0.15) is 0 Å². The highest BCUT2D eigenvalue weighted by Gasteiger charge is 2.04. The molecule has 0 radical (unpaired) electrons. The van der Waals surface area contributed by atoms with Crippen LogP contribution in [-0.4, -0.2) is 23.7 Å². The van der Waals surface area contributed by atoms with Gasteiger partial charge < -0.3 is 10.3 Å². The largest absolute Gasteiger partial charge is 0.387 e. The van der Waals surface area contributed by atoms with Gasteiger partial charge in [0.1, 0.15) is 5.69 Å². The van der Waals surface area contributed by atoms with E-state index in [9.17, 15) is 0 Å². The van der Waals surface area contributed by atoms with Crippen LogP contribution in [0.2, 0.25) is 0 Å². The zero-order valence-corrected chi connectivity index (χ0v) is 6.39. The van der Waals surface area contributed by atoms with Gasteiger partial charge in [-0.3, -0.25) is 0 Å². The number of nitrogens with one attached hydrogen (secondary N) is 2. The normalized spacial score (nSPS) is 9.18. The Morgan fingerprint density at radius 2 is 2.55 bits per heavy atom. The average Bonchev–Trinajstić information content (AvgIpc) is 2.50. The summed E-state index contributed by atoms with van der Waals surface area (Å²) in [7, 11) is 1.79. The summed E-state index contributed by atoms with van der Waals surface area (Å²) in [6, 6.07) is 0. The van der Waals surface area contributed by atoms with E-state index in [1.54, 1.807) is 13.4 Å². The van der Waals surface area contributed by atoms with Crippen LogP contribution in [0.3, 0.4) is 0 Å². The number of hydrogen-bond donors (Lipinski definition) is 2. The number of hydrogen-bond acceptors (Lipinski definition) is 3. The Balaban J connectivity index is 3.01. The molecule has 1 rings (SSSR count). The van der Waals surface area contributed by atoms with Crippen LogP contribution in [0.5, 0.6) is 0 Å². The van der Waals surface area contributed by atoms with Crippen molar-refractivity contribution in [3.8, 4) is 0 Å². The second-order valence-corrected chi connectivity index (χ2v) is 1.99. The quantitative estimate of drug-likeness (QED) is 0.630. The molecule has 0 spiro atoms. The number of aliphatic imine (C=N–C) groups is 1. The first-order chi connectivity index (χ1) is 5.29. The molecule has 0 aliphatic rings. The van der Waals surface area contributed by atoms with Crippen LogP contribution in [0.1, 0.15) is 5.69 Å². The van der Waals surface area contributed by atoms with Gasteiger partial charge >= 0.3 is 0 Å². The molecule has 2 N–H and O–H groups in total. The van der Waals surface area contributed by atoms with Gasteiger partial charge in [0.05, 0.1) is 12.0 Å². The van der Waals surface area contributed by atoms with E-state index >= 15 is 0 Å². The number of rotatable bonds is 3. The van der Waals surface area contributed by atoms with E-state index in [2.05, 4.69) is 33.6 Å². The van der Waals surface area contributed by atoms with E-state index in [0.717, 1.165) is 11.4 Å². The molecule has 0 unspecified atom stereocenters. The minimum absolute atomic E-state index is 0.573. The molecular formula is C7H10N4. The van der Waals surface area contributed by atoms with Crippen LogP contribution >= 0.6 is 0 Å². The van der Waals surface area contributed by atoms with Crippen molar-refractivity contribution in [2.75, 3.05) is 7.05 Å². The van der Waals surface area contributed by atoms with Crippen molar-refractivity contribution in [3.63, 3.8) is 0 Å². The third-order valence-electron chi connectivity index (χ3n) is 1.37. The number of aromatic amines is 1. The summed E-state index contributed by atoms with van der Waals surface area (Å²) < 4.78 is 0. The zero-order valence-electron chi connectivity index (χ0n) is 6.39. The molecule has 0 bridgehead atoms. The second kappa shape index (κ2) is 3.01. The topological polar surface area (TPSA) is 53.1 Å². The summed E-state index contributed by atoms with van der Waals surface area (Å²) in [6.07, 6.45) is 1.56. The Morgan fingerprint density at radius 3 is 3.09 bits per heavy atom. The molecule has 4 nitrogen and oxygen atoms in total. The monoisotopic (exact) mass is 150 g/mol. The highest BCUT2D eigenvalue weighted by atomic mass is 15.0. The Bertz CT molecular complexity index is 274. The lowest BCUT2D eigenvalue weighted by Gasteiger charge is -2.00. The zero-order chi connectivity index (χ0) is 8.27. The van der Waals surface area contributed by atoms with Crippen molar-refractivity contribution in [1.29, 1.82) is 0 Å². The number of H-pyrrole nitrogens is 1. The predicted octanol–water partition coefficient (Wildman–Crippen LogP) is 0.932.